The fourth-order valence-electron chi connectivity index (χ4n) is 2.93. The predicted molar refractivity (Wildman–Crippen MR) is 81.8 cm³/mol. The van der Waals surface area contributed by atoms with E-state index >= 15 is 0 Å². The summed E-state index contributed by atoms with van der Waals surface area (Å²) in [6.45, 7) is 0. The lowest BCUT2D eigenvalue weighted by molar-refractivity contribution is 0.289. The van der Waals surface area contributed by atoms with Crippen molar-refractivity contribution < 1.29 is 8.42 Å². The van der Waals surface area contributed by atoms with Gasteiger partial charge >= 0.3 is 0 Å². The van der Waals surface area contributed by atoms with Gasteiger partial charge in [0.25, 0.3) is 10.2 Å². The largest absolute Gasteiger partial charge is 0.274 e. The Hall–Kier alpha value is -0.620. The predicted octanol–water partition coefficient (Wildman–Crippen LogP) is 2.62. The highest BCUT2D eigenvalue weighted by atomic mass is 35.5. The summed E-state index contributed by atoms with van der Waals surface area (Å²) in [7, 11) is -3.68. The molecule has 1 aromatic carbocycles. The third-order valence-corrected chi connectivity index (χ3v) is 4.79. The van der Waals surface area contributed by atoms with E-state index in [1.165, 1.54) is 6.42 Å². The quantitative estimate of drug-likeness (QED) is 0.876. The minimum absolute atomic E-state index is 0.133. The lowest BCUT2D eigenvalue weighted by Gasteiger charge is -2.30. The van der Waals surface area contributed by atoms with Gasteiger partial charge in [0.2, 0.25) is 0 Å². The maximum atomic E-state index is 11.4. The Morgan fingerprint density at radius 2 is 1.80 bits per heavy atom. The average molecular weight is 317 g/mol. The number of nitrogens with one attached hydrogen (secondary N) is 1. The van der Waals surface area contributed by atoms with Crippen LogP contribution in [0.2, 0.25) is 5.02 Å². The Bertz CT molecular complexity index is 525. The van der Waals surface area contributed by atoms with E-state index in [-0.39, 0.29) is 6.04 Å². The van der Waals surface area contributed by atoms with E-state index in [1.807, 2.05) is 24.3 Å². The highest BCUT2D eigenvalue weighted by molar-refractivity contribution is 7.87. The summed E-state index contributed by atoms with van der Waals surface area (Å²) in [4.78, 5) is 0. The van der Waals surface area contributed by atoms with Crippen LogP contribution in [0.4, 0.5) is 0 Å². The minimum Gasteiger partial charge on any atom is -0.216 e. The lowest BCUT2D eigenvalue weighted by atomic mass is 9.82. The van der Waals surface area contributed by atoms with E-state index in [0.29, 0.717) is 17.4 Å². The third kappa shape index (κ3) is 5.05. The number of halogens is 1. The molecule has 1 aromatic rings. The molecule has 0 saturated heterocycles. The highest BCUT2D eigenvalue weighted by Crippen LogP contribution is 2.28. The standard InChI is InChI=1S/C14H21ClN2O2S/c15-13-8-6-11(7-9-13)10-14(17-20(16,18)19)12-4-2-1-3-5-12/h6-9,12,14,17H,1-5,10H2,(H2,16,18,19)/t14-/m1/s1. The van der Waals surface area contributed by atoms with E-state index in [1.54, 1.807) is 0 Å². The molecular formula is C14H21ClN2O2S. The summed E-state index contributed by atoms with van der Waals surface area (Å²) in [5, 5.41) is 5.84. The van der Waals surface area contributed by atoms with Crippen LogP contribution < -0.4 is 9.86 Å². The van der Waals surface area contributed by atoms with Gasteiger partial charge in [-0.3, -0.25) is 0 Å². The first-order valence-electron chi connectivity index (χ1n) is 6.98. The van der Waals surface area contributed by atoms with Crippen molar-refractivity contribution in [1.29, 1.82) is 0 Å². The Morgan fingerprint density at radius 1 is 1.20 bits per heavy atom. The molecule has 1 atom stereocenters. The summed E-state index contributed by atoms with van der Waals surface area (Å²) in [5.41, 5.74) is 1.07. The van der Waals surface area contributed by atoms with Gasteiger partial charge in [-0.15, -0.1) is 0 Å². The molecule has 0 aromatic heterocycles. The zero-order chi connectivity index (χ0) is 14.6. The summed E-state index contributed by atoms with van der Waals surface area (Å²) in [6, 6.07) is 7.38. The van der Waals surface area contributed by atoms with Gasteiger partial charge in [0.15, 0.2) is 0 Å². The highest BCUT2D eigenvalue weighted by Gasteiger charge is 2.26. The van der Waals surface area contributed by atoms with Crippen molar-refractivity contribution in [1.82, 2.24) is 4.72 Å². The molecule has 1 aliphatic rings. The smallest absolute Gasteiger partial charge is 0.216 e. The molecule has 112 valence electrons. The van der Waals surface area contributed by atoms with E-state index in [4.69, 9.17) is 16.7 Å². The van der Waals surface area contributed by atoms with E-state index < -0.39 is 10.2 Å². The molecule has 0 bridgehead atoms. The number of benzene rings is 1. The molecule has 0 unspecified atom stereocenters. The fourth-order valence-corrected chi connectivity index (χ4v) is 3.75. The van der Waals surface area contributed by atoms with Crippen LogP contribution >= 0.6 is 11.6 Å². The normalized spacial score (nSPS) is 18.9. The molecule has 0 heterocycles. The van der Waals surface area contributed by atoms with Gasteiger partial charge in [0.05, 0.1) is 0 Å². The van der Waals surface area contributed by atoms with Crippen molar-refractivity contribution >= 4 is 21.8 Å². The van der Waals surface area contributed by atoms with Crippen molar-refractivity contribution in [3.8, 4) is 0 Å². The number of rotatable bonds is 5. The molecule has 1 fully saturated rings. The molecule has 0 aliphatic heterocycles. The van der Waals surface area contributed by atoms with Crippen LogP contribution in [0.15, 0.2) is 24.3 Å². The Kier molecular flexibility index (Phi) is 5.43. The number of hydrogen-bond acceptors (Lipinski definition) is 2. The molecule has 3 N–H and O–H groups in total. The van der Waals surface area contributed by atoms with Crippen LogP contribution in [0.3, 0.4) is 0 Å². The molecule has 1 aliphatic carbocycles. The third-order valence-electron chi connectivity index (χ3n) is 3.90. The molecule has 0 amide bonds. The zero-order valence-electron chi connectivity index (χ0n) is 11.4. The van der Waals surface area contributed by atoms with Crippen LogP contribution in [0.1, 0.15) is 37.7 Å². The second-order valence-electron chi connectivity index (χ2n) is 5.50. The van der Waals surface area contributed by atoms with Crippen LogP contribution in [-0.4, -0.2) is 14.5 Å². The first kappa shape index (κ1) is 15.8. The van der Waals surface area contributed by atoms with Gasteiger partial charge in [-0.05, 0) is 42.9 Å². The minimum atomic E-state index is -3.68. The summed E-state index contributed by atoms with van der Waals surface area (Å²) >= 11 is 5.87. The van der Waals surface area contributed by atoms with E-state index in [2.05, 4.69) is 4.72 Å². The van der Waals surface area contributed by atoms with Gasteiger partial charge in [-0.1, -0.05) is 43.0 Å². The van der Waals surface area contributed by atoms with E-state index in [9.17, 15) is 8.42 Å². The van der Waals surface area contributed by atoms with Gasteiger partial charge in [-0.25, -0.2) is 5.14 Å². The Labute approximate surface area is 125 Å². The summed E-state index contributed by atoms with van der Waals surface area (Å²) in [5.74, 6) is 0.359. The average Bonchev–Trinajstić information content (AvgIpc) is 2.40. The van der Waals surface area contributed by atoms with E-state index in [0.717, 1.165) is 31.2 Å². The van der Waals surface area contributed by atoms with Gasteiger partial charge in [0.1, 0.15) is 0 Å². The first-order chi connectivity index (χ1) is 9.44. The van der Waals surface area contributed by atoms with Crippen molar-refractivity contribution in [2.45, 2.75) is 44.6 Å². The molecule has 2 rings (SSSR count). The molecule has 6 heteroatoms. The lowest BCUT2D eigenvalue weighted by Crippen LogP contribution is -2.45. The second kappa shape index (κ2) is 6.89. The molecule has 4 nitrogen and oxygen atoms in total. The van der Waals surface area contributed by atoms with Crippen molar-refractivity contribution in [2.75, 3.05) is 0 Å². The van der Waals surface area contributed by atoms with Crippen molar-refractivity contribution in [3.05, 3.63) is 34.9 Å². The Morgan fingerprint density at radius 3 is 2.35 bits per heavy atom. The van der Waals surface area contributed by atoms with Gasteiger partial charge in [0, 0.05) is 11.1 Å². The monoisotopic (exact) mass is 316 g/mol. The van der Waals surface area contributed by atoms with Gasteiger partial charge < -0.3 is 0 Å². The van der Waals surface area contributed by atoms with Gasteiger partial charge in [-0.2, -0.15) is 13.1 Å². The molecule has 20 heavy (non-hydrogen) atoms. The molecule has 1 saturated carbocycles. The Balaban J connectivity index is 2.10. The van der Waals surface area contributed by atoms with Crippen molar-refractivity contribution in [3.63, 3.8) is 0 Å². The van der Waals surface area contributed by atoms with Crippen LogP contribution in [0.25, 0.3) is 0 Å². The maximum absolute atomic E-state index is 11.4. The molecule has 0 radical (unpaired) electrons. The van der Waals surface area contributed by atoms with Crippen LogP contribution in [0.5, 0.6) is 0 Å². The molecule has 0 spiro atoms. The summed E-state index contributed by atoms with van der Waals surface area (Å²) in [6.07, 6.45) is 6.32. The van der Waals surface area contributed by atoms with Crippen LogP contribution in [0, 0.1) is 5.92 Å². The second-order valence-corrected chi connectivity index (χ2v) is 7.26. The maximum Gasteiger partial charge on any atom is 0.274 e. The number of hydrogen-bond donors (Lipinski definition) is 2. The number of nitrogens with two attached hydrogens (primary N) is 1. The molecular weight excluding hydrogens is 296 g/mol. The topological polar surface area (TPSA) is 72.2 Å². The summed E-state index contributed by atoms with van der Waals surface area (Å²) < 4.78 is 25.4. The zero-order valence-corrected chi connectivity index (χ0v) is 13.0. The SMILES string of the molecule is NS(=O)(=O)N[C@H](Cc1ccc(Cl)cc1)C1CCCCC1. The van der Waals surface area contributed by atoms with Crippen molar-refractivity contribution in [2.24, 2.45) is 11.1 Å². The fraction of sp³-hybridized carbons (Fsp3) is 0.571. The van der Waals surface area contributed by atoms with Crippen LogP contribution in [-0.2, 0) is 16.6 Å². The first-order valence-corrected chi connectivity index (χ1v) is 8.91.